The lowest BCUT2D eigenvalue weighted by molar-refractivity contribution is 0.115. The summed E-state index contributed by atoms with van der Waals surface area (Å²) < 4.78 is 27.6. The number of hydrogen-bond acceptors (Lipinski definition) is 4. The summed E-state index contributed by atoms with van der Waals surface area (Å²) in [4.78, 5) is 2.50. The molecule has 0 aliphatic carbocycles. The summed E-state index contributed by atoms with van der Waals surface area (Å²) >= 11 is 0. The molecule has 0 bridgehead atoms. The van der Waals surface area contributed by atoms with Gasteiger partial charge in [0.05, 0.1) is 11.0 Å². The highest BCUT2D eigenvalue weighted by molar-refractivity contribution is 7.92. The number of aliphatic hydroxyl groups excluding tert-OH is 1. The van der Waals surface area contributed by atoms with Crippen molar-refractivity contribution in [2.24, 2.45) is 0 Å². The number of benzene rings is 2. The van der Waals surface area contributed by atoms with Crippen molar-refractivity contribution in [3.63, 3.8) is 0 Å². The SMILES string of the molecule is CCCCCCCN(CC)CC(O)c1ccc(NS(=O)(=O)c2ccc(C)cc2)cc1. The number of likely N-dealkylation sites (N-methyl/N-ethyl adjacent to an activating group) is 1. The summed E-state index contributed by atoms with van der Waals surface area (Å²) in [5.41, 5.74) is 2.28. The molecule has 0 spiro atoms. The summed E-state index contributed by atoms with van der Waals surface area (Å²) in [7, 11) is -3.62. The van der Waals surface area contributed by atoms with Gasteiger partial charge in [0.25, 0.3) is 10.0 Å². The molecule has 1 atom stereocenters. The minimum Gasteiger partial charge on any atom is -0.387 e. The Kier molecular flexibility index (Phi) is 9.82. The van der Waals surface area contributed by atoms with Gasteiger partial charge in [-0.1, -0.05) is 69.4 Å². The number of nitrogens with one attached hydrogen (secondary N) is 1. The van der Waals surface area contributed by atoms with Gasteiger partial charge in [0.15, 0.2) is 0 Å². The monoisotopic (exact) mass is 432 g/mol. The Morgan fingerprint density at radius 3 is 2.17 bits per heavy atom. The molecule has 2 N–H and O–H groups in total. The molecule has 0 fully saturated rings. The molecule has 166 valence electrons. The van der Waals surface area contributed by atoms with Gasteiger partial charge in [0.1, 0.15) is 0 Å². The normalized spacial score (nSPS) is 12.8. The molecule has 2 aromatic rings. The second-order valence-corrected chi connectivity index (χ2v) is 9.55. The van der Waals surface area contributed by atoms with Crippen molar-refractivity contribution in [2.45, 2.75) is 63.9 Å². The number of aliphatic hydroxyl groups is 1. The van der Waals surface area contributed by atoms with Gasteiger partial charge in [-0.2, -0.15) is 0 Å². The summed E-state index contributed by atoms with van der Waals surface area (Å²) in [6.45, 7) is 8.72. The zero-order chi connectivity index (χ0) is 22.0. The zero-order valence-electron chi connectivity index (χ0n) is 18.5. The Bertz CT molecular complexity index is 849. The van der Waals surface area contributed by atoms with Crippen LogP contribution in [0, 0.1) is 6.92 Å². The van der Waals surface area contributed by atoms with E-state index in [4.69, 9.17) is 0 Å². The van der Waals surface area contributed by atoms with Crippen LogP contribution in [0.15, 0.2) is 53.4 Å². The molecule has 0 saturated carbocycles. The van der Waals surface area contributed by atoms with Gasteiger partial charge in [-0.05, 0) is 56.3 Å². The van der Waals surface area contributed by atoms with Gasteiger partial charge < -0.3 is 10.0 Å². The van der Waals surface area contributed by atoms with E-state index in [2.05, 4.69) is 23.5 Å². The molecule has 0 aliphatic rings. The van der Waals surface area contributed by atoms with Crippen LogP contribution >= 0.6 is 0 Å². The molecule has 1 unspecified atom stereocenters. The Labute approximate surface area is 182 Å². The number of nitrogens with zero attached hydrogens (tertiary/aromatic N) is 1. The fourth-order valence-corrected chi connectivity index (χ4v) is 4.43. The number of aryl methyl sites for hydroxylation is 1. The third-order valence-electron chi connectivity index (χ3n) is 5.34. The van der Waals surface area contributed by atoms with Crippen molar-refractivity contribution in [3.8, 4) is 0 Å². The highest BCUT2D eigenvalue weighted by Gasteiger charge is 2.15. The second-order valence-electron chi connectivity index (χ2n) is 7.86. The zero-order valence-corrected chi connectivity index (χ0v) is 19.3. The van der Waals surface area contributed by atoms with Gasteiger partial charge in [-0.15, -0.1) is 0 Å². The van der Waals surface area contributed by atoms with E-state index >= 15 is 0 Å². The molecule has 0 aromatic heterocycles. The average molecular weight is 433 g/mol. The molecule has 0 heterocycles. The second kappa shape index (κ2) is 12.1. The molecule has 30 heavy (non-hydrogen) atoms. The number of hydrogen-bond donors (Lipinski definition) is 2. The third-order valence-corrected chi connectivity index (χ3v) is 6.73. The van der Waals surface area contributed by atoms with E-state index in [9.17, 15) is 13.5 Å². The average Bonchev–Trinajstić information content (AvgIpc) is 2.73. The molecule has 0 radical (unpaired) electrons. The minimum absolute atomic E-state index is 0.231. The highest BCUT2D eigenvalue weighted by Crippen LogP contribution is 2.21. The highest BCUT2D eigenvalue weighted by atomic mass is 32.2. The van der Waals surface area contributed by atoms with E-state index in [0.29, 0.717) is 12.2 Å². The van der Waals surface area contributed by atoms with Gasteiger partial charge >= 0.3 is 0 Å². The summed E-state index contributed by atoms with van der Waals surface area (Å²) in [5, 5.41) is 10.6. The van der Waals surface area contributed by atoms with E-state index < -0.39 is 16.1 Å². The van der Waals surface area contributed by atoms with Gasteiger partial charge in [0.2, 0.25) is 0 Å². The number of anilines is 1. The van der Waals surface area contributed by atoms with Crippen molar-refractivity contribution in [2.75, 3.05) is 24.4 Å². The van der Waals surface area contributed by atoms with Crippen molar-refractivity contribution in [1.29, 1.82) is 0 Å². The molecular weight excluding hydrogens is 396 g/mol. The Morgan fingerprint density at radius 1 is 0.933 bits per heavy atom. The van der Waals surface area contributed by atoms with Crippen LogP contribution in [0.5, 0.6) is 0 Å². The molecule has 0 amide bonds. The topological polar surface area (TPSA) is 69.6 Å². The summed E-state index contributed by atoms with van der Waals surface area (Å²) in [5.74, 6) is 0. The van der Waals surface area contributed by atoms with Crippen molar-refractivity contribution in [3.05, 3.63) is 59.7 Å². The quantitative estimate of drug-likeness (QED) is 0.431. The predicted octanol–water partition coefficient (Wildman–Crippen LogP) is 5.12. The third kappa shape index (κ3) is 7.74. The van der Waals surface area contributed by atoms with Crippen LogP contribution in [0.25, 0.3) is 0 Å². The van der Waals surface area contributed by atoms with Crippen molar-refractivity contribution in [1.82, 2.24) is 4.90 Å². The molecule has 6 heteroatoms. The Balaban J connectivity index is 1.91. The lowest BCUT2D eigenvalue weighted by Crippen LogP contribution is -2.29. The molecule has 2 rings (SSSR count). The standard InChI is InChI=1S/C24H36N2O3S/c1-4-6-7-8-9-18-26(5-2)19-24(27)21-12-14-22(15-13-21)25-30(28,29)23-16-10-20(3)11-17-23/h10-17,24-25,27H,4-9,18-19H2,1-3H3. The van der Waals surface area contributed by atoms with Crippen LogP contribution in [-0.4, -0.2) is 38.1 Å². The first-order valence-corrected chi connectivity index (χ1v) is 12.4. The Morgan fingerprint density at radius 2 is 1.57 bits per heavy atom. The van der Waals surface area contributed by atoms with Crippen LogP contribution in [-0.2, 0) is 10.0 Å². The minimum atomic E-state index is -3.62. The molecular formula is C24H36N2O3S. The maximum atomic E-state index is 12.5. The first-order valence-electron chi connectivity index (χ1n) is 11.0. The van der Waals surface area contributed by atoms with Gasteiger partial charge in [-0.3, -0.25) is 4.72 Å². The van der Waals surface area contributed by atoms with Crippen LogP contribution in [0.1, 0.15) is 63.2 Å². The largest absolute Gasteiger partial charge is 0.387 e. The smallest absolute Gasteiger partial charge is 0.261 e. The molecule has 0 saturated heterocycles. The van der Waals surface area contributed by atoms with Gasteiger partial charge in [0, 0.05) is 12.2 Å². The van der Waals surface area contributed by atoms with E-state index in [1.807, 2.05) is 6.92 Å². The Hall–Kier alpha value is -1.89. The predicted molar refractivity (Wildman–Crippen MR) is 124 cm³/mol. The van der Waals surface area contributed by atoms with E-state index in [-0.39, 0.29) is 4.90 Å². The first kappa shape index (κ1) is 24.4. The van der Waals surface area contributed by atoms with E-state index in [1.54, 1.807) is 48.5 Å². The summed E-state index contributed by atoms with van der Waals surface area (Å²) in [6, 6.07) is 13.7. The van der Waals surface area contributed by atoms with Crippen molar-refractivity contribution < 1.29 is 13.5 Å². The van der Waals surface area contributed by atoms with Crippen LogP contribution in [0.3, 0.4) is 0 Å². The summed E-state index contributed by atoms with van der Waals surface area (Å²) in [6.07, 6.45) is 5.60. The molecule has 5 nitrogen and oxygen atoms in total. The number of unbranched alkanes of at least 4 members (excludes halogenated alkanes) is 4. The van der Waals surface area contributed by atoms with E-state index in [0.717, 1.165) is 30.6 Å². The fourth-order valence-electron chi connectivity index (χ4n) is 3.37. The number of rotatable bonds is 13. The number of sulfonamides is 1. The first-order chi connectivity index (χ1) is 14.4. The lowest BCUT2D eigenvalue weighted by atomic mass is 10.1. The van der Waals surface area contributed by atoms with Crippen molar-refractivity contribution >= 4 is 15.7 Å². The molecule has 2 aromatic carbocycles. The maximum Gasteiger partial charge on any atom is 0.261 e. The maximum absolute atomic E-state index is 12.5. The molecule has 0 aliphatic heterocycles. The van der Waals surface area contributed by atoms with Gasteiger partial charge in [-0.25, -0.2) is 8.42 Å². The van der Waals surface area contributed by atoms with E-state index in [1.165, 1.54) is 25.7 Å². The lowest BCUT2D eigenvalue weighted by Gasteiger charge is -2.24. The van der Waals surface area contributed by atoms with Crippen LogP contribution < -0.4 is 4.72 Å². The van der Waals surface area contributed by atoms with Crippen LogP contribution in [0.4, 0.5) is 5.69 Å². The fraction of sp³-hybridized carbons (Fsp3) is 0.500. The van der Waals surface area contributed by atoms with Crippen LogP contribution in [0.2, 0.25) is 0 Å².